The molecule has 0 aromatic heterocycles. The number of aliphatic hydroxyl groups excluding tert-OH is 1. The zero-order valence-electron chi connectivity index (χ0n) is 14.8. The number of hydrogen-bond donors (Lipinski definition) is 1. The van der Waals surface area contributed by atoms with Gasteiger partial charge in [0.25, 0.3) is 0 Å². The fourth-order valence-corrected chi connectivity index (χ4v) is 2.87. The van der Waals surface area contributed by atoms with Crippen LogP contribution in [0.15, 0.2) is 30.4 Å². The van der Waals surface area contributed by atoms with Crippen LogP contribution >= 0.6 is 0 Å². The lowest BCUT2D eigenvalue weighted by Crippen LogP contribution is -2.04. The van der Waals surface area contributed by atoms with Crippen molar-refractivity contribution in [2.24, 2.45) is 0 Å². The largest absolute Gasteiger partial charge is 0.496 e. The summed E-state index contributed by atoms with van der Waals surface area (Å²) in [4.78, 5) is 0. The highest BCUT2D eigenvalue weighted by atomic mass is 16.5. The van der Waals surface area contributed by atoms with E-state index in [1.165, 1.54) is 0 Å². The molecule has 2 rings (SSSR count). The first kappa shape index (κ1) is 17.9. The first-order valence-electron chi connectivity index (χ1n) is 7.60. The molecular weight excluding hydrogens is 308 g/mol. The van der Waals surface area contributed by atoms with Gasteiger partial charge in [0.15, 0.2) is 0 Å². The number of ether oxygens (including phenoxy) is 4. The Morgan fingerprint density at radius 1 is 0.958 bits per heavy atom. The minimum atomic E-state index is -0.758. The van der Waals surface area contributed by atoms with Crippen LogP contribution in [0.5, 0.6) is 23.0 Å². The van der Waals surface area contributed by atoms with Gasteiger partial charge in [0, 0.05) is 5.56 Å². The molecule has 0 aliphatic carbocycles. The summed E-state index contributed by atoms with van der Waals surface area (Å²) < 4.78 is 22.1. The van der Waals surface area contributed by atoms with E-state index < -0.39 is 6.10 Å². The molecule has 1 atom stereocenters. The van der Waals surface area contributed by atoms with Gasteiger partial charge in [-0.25, -0.2) is 0 Å². The molecule has 0 aliphatic heterocycles. The first-order valence-corrected chi connectivity index (χ1v) is 7.60. The van der Waals surface area contributed by atoms with Crippen molar-refractivity contribution in [1.29, 1.82) is 0 Å². The first-order chi connectivity index (χ1) is 11.5. The van der Waals surface area contributed by atoms with E-state index in [-0.39, 0.29) is 0 Å². The Kier molecular flexibility index (Phi) is 5.57. The standard InChI is InChI=1S/C19H24O5/c1-11(2)9-13(20)12-10-16(23-5)17-14(21-3)7-8-15(22-4)18(17)19(12)24-6/h7-8,10,13,20H,1,9H2,2-6H3. The van der Waals surface area contributed by atoms with Gasteiger partial charge in [-0.2, -0.15) is 0 Å². The van der Waals surface area contributed by atoms with Crippen LogP contribution in [0.25, 0.3) is 10.8 Å². The molecular formula is C19H24O5. The monoisotopic (exact) mass is 332 g/mol. The number of aliphatic hydroxyl groups is 1. The molecule has 24 heavy (non-hydrogen) atoms. The van der Waals surface area contributed by atoms with Crippen molar-refractivity contribution in [1.82, 2.24) is 0 Å². The topological polar surface area (TPSA) is 57.2 Å². The van der Waals surface area contributed by atoms with E-state index in [0.29, 0.717) is 40.4 Å². The predicted octanol–water partition coefficient (Wildman–Crippen LogP) is 3.87. The summed E-state index contributed by atoms with van der Waals surface area (Å²) in [5.41, 5.74) is 1.50. The normalized spacial score (nSPS) is 11.9. The van der Waals surface area contributed by atoms with E-state index in [4.69, 9.17) is 18.9 Å². The second-order valence-corrected chi connectivity index (χ2v) is 5.60. The Morgan fingerprint density at radius 2 is 1.50 bits per heavy atom. The van der Waals surface area contributed by atoms with Crippen molar-refractivity contribution in [3.8, 4) is 23.0 Å². The molecule has 5 nitrogen and oxygen atoms in total. The Balaban J connectivity index is 2.89. The van der Waals surface area contributed by atoms with Crippen LogP contribution in [0.1, 0.15) is 25.0 Å². The summed E-state index contributed by atoms with van der Waals surface area (Å²) in [6.07, 6.45) is -0.330. The fourth-order valence-electron chi connectivity index (χ4n) is 2.87. The van der Waals surface area contributed by atoms with Gasteiger partial charge in [0.05, 0.1) is 45.3 Å². The van der Waals surface area contributed by atoms with Crippen molar-refractivity contribution in [2.45, 2.75) is 19.4 Å². The van der Waals surface area contributed by atoms with E-state index in [1.807, 2.05) is 13.0 Å². The summed E-state index contributed by atoms with van der Waals surface area (Å²) >= 11 is 0. The van der Waals surface area contributed by atoms with Crippen LogP contribution in [0.3, 0.4) is 0 Å². The minimum absolute atomic E-state index is 0.428. The van der Waals surface area contributed by atoms with Crippen LogP contribution in [0.4, 0.5) is 0 Å². The lowest BCUT2D eigenvalue weighted by Gasteiger charge is -2.21. The van der Waals surface area contributed by atoms with Crippen molar-refractivity contribution in [2.75, 3.05) is 28.4 Å². The number of rotatable bonds is 7. The SMILES string of the molecule is C=C(C)CC(O)c1cc(OC)c2c(OC)ccc(OC)c2c1OC. The smallest absolute Gasteiger partial charge is 0.136 e. The molecule has 5 heteroatoms. The Bertz CT molecular complexity index is 751. The van der Waals surface area contributed by atoms with E-state index >= 15 is 0 Å². The van der Waals surface area contributed by atoms with Gasteiger partial charge in [-0.05, 0) is 31.5 Å². The van der Waals surface area contributed by atoms with Gasteiger partial charge in [-0.15, -0.1) is 6.58 Å². The molecule has 2 aromatic carbocycles. The quantitative estimate of drug-likeness (QED) is 0.780. The van der Waals surface area contributed by atoms with Crippen LogP contribution < -0.4 is 18.9 Å². The highest BCUT2D eigenvalue weighted by Gasteiger charge is 2.24. The van der Waals surface area contributed by atoms with Crippen molar-refractivity contribution in [3.05, 3.63) is 35.9 Å². The average Bonchev–Trinajstić information content (AvgIpc) is 2.58. The molecule has 0 spiro atoms. The molecule has 0 fully saturated rings. The summed E-state index contributed by atoms with van der Waals surface area (Å²) in [5, 5.41) is 12.0. The van der Waals surface area contributed by atoms with Gasteiger partial charge in [0.2, 0.25) is 0 Å². The van der Waals surface area contributed by atoms with Crippen LogP contribution in [0, 0.1) is 0 Å². The zero-order valence-corrected chi connectivity index (χ0v) is 14.8. The third-order valence-corrected chi connectivity index (χ3v) is 3.92. The lowest BCUT2D eigenvalue weighted by molar-refractivity contribution is 0.174. The number of benzene rings is 2. The molecule has 1 unspecified atom stereocenters. The summed E-state index contributed by atoms with van der Waals surface area (Å²) in [5.74, 6) is 2.37. The molecule has 0 saturated heterocycles. The molecule has 0 aliphatic rings. The molecule has 0 amide bonds. The third-order valence-electron chi connectivity index (χ3n) is 3.92. The number of methoxy groups -OCH3 is 4. The van der Waals surface area contributed by atoms with Gasteiger partial charge in [0.1, 0.15) is 23.0 Å². The fraction of sp³-hybridized carbons (Fsp3) is 0.368. The third kappa shape index (κ3) is 3.12. The molecule has 0 heterocycles. The molecule has 1 N–H and O–H groups in total. The van der Waals surface area contributed by atoms with Crippen LogP contribution in [0.2, 0.25) is 0 Å². The maximum Gasteiger partial charge on any atom is 0.136 e. The van der Waals surface area contributed by atoms with Crippen molar-refractivity contribution in [3.63, 3.8) is 0 Å². The number of fused-ring (bicyclic) bond motifs is 1. The van der Waals surface area contributed by atoms with Crippen molar-refractivity contribution < 1.29 is 24.1 Å². The zero-order chi connectivity index (χ0) is 17.9. The van der Waals surface area contributed by atoms with E-state index in [1.54, 1.807) is 40.6 Å². The van der Waals surface area contributed by atoms with Crippen LogP contribution in [-0.4, -0.2) is 33.5 Å². The predicted molar refractivity (Wildman–Crippen MR) is 94.5 cm³/mol. The summed E-state index contributed by atoms with van der Waals surface area (Å²) in [6, 6.07) is 5.39. The summed E-state index contributed by atoms with van der Waals surface area (Å²) in [7, 11) is 6.33. The second-order valence-electron chi connectivity index (χ2n) is 5.60. The lowest BCUT2D eigenvalue weighted by atomic mass is 9.96. The maximum atomic E-state index is 10.6. The van der Waals surface area contributed by atoms with Gasteiger partial charge >= 0.3 is 0 Å². The molecule has 0 saturated carbocycles. The molecule has 130 valence electrons. The molecule has 2 aromatic rings. The molecule has 0 radical (unpaired) electrons. The molecule has 0 bridgehead atoms. The average molecular weight is 332 g/mol. The van der Waals surface area contributed by atoms with Gasteiger partial charge in [-0.1, -0.05) is 5.57 Å². The highest BCUT2D eigenvalue weighted by Crippen LogP contribution is 2.48. The number of hydrogen-bond acceptors (Lipinski definition) is 5. The van der Waals surface area contributed by atoms with E-state index in [2.05, 4.69) is 6.58 Å². The Morgan fingerprint density at radius 3 is 1.96 bits per heavy atom. The second kappa shape index (κ2) is 7.45. The van der Waals surface area contributed by atoms with Crippen LogP contribution in [-0.2, 0) is 0 Å². The Labute approximate surface area is 142 Å². The Hall–Kier alpha value is -2.40. The van der Waals surface area contributed by atoms with E-state index in [0.717, 1.165) is 11.0 Å². The highest BCUT2D eigenvalue weighted by molar-refractivity contribution is 6.03. The van der Waals surface area contributed by atoms with Crippen molar-refractivity contribution >= 4 is 10.8 Å². The maximum absolute atomic E-state index is 10.6. The summed E-state index contributed by atoms with van der Waals surface area (Å²) in [6.45, 7) is 5.74. The minimum Gasteiger partial charge on any atom is -0.496 e. The van der Waals surface area contributed by atoms with E-state index in [9.17, 15) is 5.11 Å². The van der Waals surface area contributed by atoms with Gasteiger partial charge in [-0.3, -0.25) is 0 Å². The van der Waals surface area contributed by atoms with Gasteiger partial charge < -0.3 is 24.1 Å².